The Labute approximate surface area is 83.9 Å². The molecule has 1 atom stereocenters. The zero-order chi connectivity index (χ0) is 11.4. The van der Waals surface area contributed by atoms with Gasteiger partial charge in [-0.15, -0.1) is 0 Å². The Hall–Kier alpha value is -0.900. The van der Waals surface area contributed by atoms with Crippen molar-refractivity contribution >= 4 is 11.8 Å². The summed E-state index contributed by atoms with van der Waals surface area (Å²) in [6.07, 6.45) is 0.643. The highest BCUT2D eigenvalue weighted by Gasteiger charge is 2.28. The molecule has 0 amide bonds. The molecule has 0 heterocycles. The van der Waals surface area contributed by atoms with Crippen molar-refractivity contribution in [3.63, 3.8) is 0 Å². The zero-order valence-corrected chi connectivity index (χ0v) is 8.91. The molecule has 0 saturated heterocycles. The second-order valence-corrected chi connectivity index (χ2v) is 4.19. The smallest absolute Gasteiger partial charge is 0.303 e. The maximum absolute atomic E-state index is 10.7. The number of ketones is 1. The maximum atomic E-state index is 10.7. The Morgan fingerprint density at radius 1 is 1.36 bits per heavy atom. The van der Waals surface area contributed by atoms with Crippen LogP contribution < -0.4 is 0 Å². The Morgan fingerprint density at radius 3 is 2.14 bits per heavy atom. The van der Waals surface area contributed by atoms with Gasteiger partial charge in [0.2, 0.25) is 0 Å². The molecule has 2 N–H and O–H groups in total. The summed E-state index contributed by atoms with van der Waals surface area (Å²) in [4.78, 5) is 21.2. The van der Waals surface area contributed by atoms with Crippen LogP contribution in [-0.2, 0) is 9.59 Å². The van der Waals surface area contributed by atoms with Gasteiger partial charge in [0.05, 0.1) is 12.0 Å². The van der Waals surface area contributed by atoms with Gasteiger partial charge in [-0.3, -0.25) is 4.79 Å². The molecule has 0 spiro atoms. The van der Waals surface area contributed by atoms with Crippen molar-refractivity contribution in [1.29, 1.82) is 0 Å². The minimum absolute atomic E-state index is 0.0182. The fourth-order valence-corrected chi connectivity index (χ4v) is 1.29. The lowest BCUT2D eigenvalue weighted by Crippen LogP contribution is -2.32. The van der Waals surface area contributed by atoms with E-state index in [9.17, 15) is 14.7 Å². The van der Waals surface area contributed by atoms with Crippen LogP contribution in [0.25, 0.3) is 0 Å². The Morgan fingerprint density at radius 2 is 1.86 bits per heavy atom. The molecular weight excluding hydrogens is 184 g/mol. The maximum Gasteiger partial charge on any atom is 0.303 e. The molecule has 0 bridgehead atoms. The molecular formula is C10H18O4. The number of Topliss-reactive ketones (excluding diaryl/α,β-unsaturated/α-hetero) is 1. The number of aliphatic carboxylic acids is 1. The van der Waals surface area contributed by atoms with E-state index in [1.54, 1.807) is 13.8 Å². The second-order valence-electron chi connectivity index (χ2n) is 4.19. The number of aliphatic hydroxyl groups is 1. The highest BCUT2D eigenvalue weighted by atomic mass is 16.4. The third kappa shape index (κ3) is 5.70. The molecule has 82 valence electrons. The molecule has 0 rings (SSSR count). The predicted octanol–water partition coefficient (Wildman–Crippen LogP) is 1.22. The summed E-state index contributed by atoms with van der Waals surface area (Å²) in [6.45, 7) is 4.60. The summed E-state index contributed by atoms with van der Waals surface area (Å²) >= 11 is 0. The van der Waals surface area contributed by atoms with E-state index < -0.39 is 11.6 Å². The van der Waals surface area contributed by atoms with Gasteiger partial charge in [0.25, 0.3) is 0 Å². The van der Waals surface area contributed by atoms with Crippen LogP contribution in [0.2, 0.25) is 0 Å². The number of carbonyl (C=O) groups is 2. The number of hydrogen-bond acceptors (Lipinski definition) is 3. The molecule has 4 heteroatoms. The molecule has 0 aromatic carbocycles. The normalized spacial score (nSPS) is 13.7. The van der Waals surface area contributed by atoms with Gasteiger partial charge in [0, 0.05) is 6.42 Å². The van der Waals surface area contributed by atoms with Crippen molar-refractivity contribution in [2.45, 2.75) is 45.6 Å². The van der Waals surface area contributed by atoms with E-state index in [1.807, 2.05) is 0 Å². The highest BCUT2D eigenvalue weighted by molar-refractivity contribution is 5.75. The van der Waals surface area contributed by atoms with Crippen LogP contribution in [0.5, 0.6) is 0 Å². The van der Waals surface area contributed by atoms with Gasteiger partial charge in [-0.2, -0.15) is 0 Å². The highest BCUT2D eigenvalue weighted by Crippen LogP contribution is 2.25. The first-order chi connectivity index (χ1) is 6.23. The van der Waals surface area contributed by atoms with Crippen LogP contribution in [0.1, 0.15) is 40.0 Å². The van der Waals surface area contributed by atoms with Gasteiger partial charge in [-0.1, -0.05) is 0 Å². The summed E-state index contributed by atoms with van der Waals surface area (Å²) in [7, 11) is 0. The number of hydrogen-bond donors (Lipinski definition) is 2. The molecule has 0 aliphatic heterocycles. The fourth-order valence-electron chi connectivity index (χ4n) is 1.29. The Bertz CT molecular complexity index is 215. The van der Waals surface area contributed by atoms with E-state index >= 15 is 0 Å². The number of carbonyl (C=O) groups excluding carboxylic acids is 1. The number of carboxylic acid groups (broad SMARTS) is 1. The quantitative estimate of drug-likeness (QED) is 0.679. The SMILES string of the molecule is CC(=O)CCC(CC(=O)O)C(C)(C)O. The molecule has 4 nitrogen and oxygen atoms in total. The van der Waals surface area contributed by atoms with Gasteiger partial charge < -0.3 is 15.0 Å². The minimum atomic E-state index is -1.05. The predicted molar refractivity (Wildman–Crippen MR) is 52.0 cm³/mol. The summed E-state index contributed by atoms with van der Waals surface area (Å²) in [5.74, 6) is -1.30. The molecule has 0 aromatic heterocycles. The van der Waals surface area contributed by atoms with E-state index in [1.165, 1.54) is 6.92 Å². The average Bonchev–Trinajstić information content (AvgIpc) is 1.94. The van der Waals surface area contributed by atoms with Gasteiger partial charge in [0.1, 0.15) is 5.78 Å². The molecule has 0 aliphatic rings. The van der Waals surface area contributed by atoms with Crippen molar-refractivity contribution < 1.29 is 19.8 Å². The van der Waals surface area contributed by atoms with E-state index in [-0.39, 0.29) is 18.1 Å². The summed E-state index contributed by atoms with van der Waals surface area (Å²) in [5.41, 5.74) is -1.05. The monoisotopic (exact) mass is 202 g/mol. The van der Waals surface area contributed by atoms with E-state index in [0.29, 0.717) is 12.8 Å². The van der Waals surface area contributed by atoms with Crippen LogP contribution >= 0.6 is 0 Å². The largest absolute Gasteiger partial charge is 0.481 e. The first kappa shape index (κ1) is 13.1. The van der Waals surface area contributed by atoms with Crippen LogP contribution in [0, 0.1) is 5.92 Å². The van der Waals surface area contributed by atoms with Crippen molar-refractivity contribution in [2.24, 2.45) is 5.92 Å². The lowest BCUT2D eigenvalue weighted by atomic mass is 9.84. The van der Waals surface area contributed by atoms with Crippen molar-refractivity contribution in [3.05, 3.63) is 0 Å². The van der Waals surface area contributed by atoms with Gasteiger partial charge in [0.15, 0.2) is 0 Å². The van der Waals surface area contributed by atoms with Crippen LogP contribution in [-0.4, -0.2) is 27.6 Å². The molecule has 0 aromatic rings. The first-order valence-electron chi connectivity index (χ1n) is 4.67. The molecule has 0 fully saturated rings. The van der Waals surface area contributed by atoms with Gasteiger partial charge in [-0.25, -0.2) is 0 Å². The van der Waals surface area contributed by atoms with Crippen molar-refractivity contribution in [2.75, 3.05) is 0 Å². The fraction of sp³-hybridized carbons (Fsp3) is 0.800. The van der Waals surface area contributed by atoms with Gasteiger partial charge in [-0.05, 0) is 33.1 Å². The number of rotatable bonds is 6. The summed E-state index contributed by atoms with van der Waals surface area (Å²) < 4.78 is 0. The van der Waals surface area contributed by atoms with Gasteiger partial charge >= 0.3 is 5.97 Å². The average molecular weight is 202 g/mol. The lowest BCUT2D eigenvalue weighted by molar-refractivity contribution is -0.141. The zero-order valence-electron chi connectivity index (χ0n) is 8.91. The summed E-state index contributed by atoms with van der Waals surface area (Å²) in [6, 6.07) is 0. The van der Waals surface area contributed by atoms with Crippen LogP contribution in [0.3, 0.4) is 0 Å². The van der Waals surface area contributed by atoms with Crippen LogP contribution in [0.15, 0.2) is 0 Å². The van der Waals surface area contributed by atoms with E-state index in [4.69, 9.17) is 5.11 Å². The molecule has 14 heavy (non-hydrogen) atoms. The molecule has 0 saturated carbocycles. The second kappa shape index (κ2) is 5.10. The van der Waals surface area contributed by atoms with E-state index in [0.717, 1.165) is 0 Å². The van der Waals surface area contributed by atoms with Crippen molar-refractivity contribution in [3.8, 4) is 0 Å². The third-order valence-corrected chi connectivity index (χ3v) is 2.26. The first-order valence-corrected chi connectivity index (χ1v) is 4.67. The van der Waals surface area contributed by atoms with Crippen molar-refractivity contribution in [1.82, 2.24) is 0 Å². The third-order valence-electron chi connectivity index (χ3n) is 2.26. The van der Waals surface area contributed by atoms with Crippen LogP contribution in [0.4, 0.5) is 0 Å². The summed E-state index contributed by atoms with van der Waals surface area (Å²) in [5, 5.41) is 18.3. The number of carboxylic acids is 1. The molecule has 1 unspecified atom stereocenters. The standard InChI is InChI=1S/C10H18O4/c1-7(11)4-5-8(6-9(12)13)10(2,3)14/h8,14H,4-6H2,1-3H3,(H,12,13). The lowest BCUT2D eigenvalue weighted by Gasteiger charge is -2.27. The Balaban J connectivity index is 4.26. The Kier molecular flexibility index (Phi) is 4.77. The minimum Gasteiger partial charge on any atom is -0.481 e. The molecule has 0 aliphatic carbocycles. The molecule has 0 radical (unpaired) electrons. The topological polar surface area (TPSA) is 74.6 Å². The van der Waals surface area contributed by atoms with E-state index in [2.05, 4.69) is 0 Å².